The van der Waals surface area contributed by atoms with Crippen LogP contribution in [0, 0.1) is 0 Å². The number of hydrogen-bond acceptors (Lipinski definition) is 6. The summed E-state index contributed by atoms with van der Waals surface area (Å²) in [4.78, 5) is 20.9. The third-order valence-corrected chi connectivity index (χ3v) is 3.70. The predicted octanol–water partition coefficient (Wildman–Crippen LogP) is 2.65. The molecule has 0 fully saturated rings. The molecule has 3 rings (SSSR count). The number of nitrogens with zero attached hydrogens (tertiary/aromatic N) is 3. The number of fused-ring (bicyclic) bond motifs is 3. The quantitative estimate of drug-likeness (QED) is 0.576. The molecule has 24 heavy (non-hydrogen) atoms. The van der Waals surface area contributed by atoms with Crippen molar-refractivity contribution in [1.29, 1.82) is 0 Å². The molecule has 0 bridgehead atoms. The van der Waals surface area contributed by atoms with Crippen molar-refractivity contribution in [3.8, 4) is 11.3 Å². The molecule has 0 aromatic rings. The van der Waals surface area contributed by atoms with Crippen LogP contribution in [-0.4, -0.2) is 47.3 Å². The number of aliphatic imine (C=N–C) groups is 1. The molecular formula is C17H21N3O4. The lowest BCUT2D eigenvalue weighted by Gasteiger charge is -2.16. The highest BCUT2D eigenvalue weighted by molar-refractivity contribution is 5.97. The van der Waals surface area contributed by atoms with Crippen molar-refractivity contribution in [1.82, 2.24) is 9.55 Å². The molecule has 0 aromatic heterocycles. The van der Waals surface area contributed by atoms with Crippen LogP contribution < -0.4 is 0 Å². The number of ether oxygens (including phenoxy) is 3. The Bertz CT molecular complexity index is 732. The summed E-state index contributed by atoms with van der Waals surface area (Å²) in [5.74, 6) is 0.339. The van der Waals surface area contributed by atoms with Crippen molar-refractivity contribution in [3.63, 3.8) is 0 Å². The van der Waals surface area contributed by atoms with E-state index >= 15 is 0 Å². The van der Waals surface area contributed by atoms with Crippen LogP contribution in [0.25, 0.3) is 11.3 Å². The van der Waals surface area contributed by atoms with Crippen molar-refractivity contribution in [3.05, 3.63) is 24.0 Å². The van der Waals surface area contributed by atoms with Crippen molar-refractivity contribution in [2.45, 2.75) is 33.6 Å². The van der Waals surface area contributed by atoms with Crippen LogP contribution in [0.2, 0.25) is 0 Å². The third-order valence-electron chi connectivity index (χ3n) is 3.70. The van der Waals surface area contributed by atoms with Gasteiger partial charge in [-0.25, -0.2) is 14.8 Å². The molecule has 0 spiro atoms. The number of aromatic nitrogens is 2. The number of carbonyl (C=O) groups is 1. The molecule has 3 aliphatic heterocycles. The molecule has 0 aliphatic carbocycles. The minimum Gasteiger partial charge on any atom is -0.461 e. The summed E-state index contributed by atoms with van der Waals surface area (Å²) < 4.78 is 18.3. The first-order chi connectivity index (χ1) is 11.7. The first-order valence-electron chi connectivity index (χ1n) is 8.15. The average molecular weight is 331 g/mol. The summed E-state index contributed by atoms with van der Waals surface area (Å²) in [6.45, 7) is 7.62. The van der Waals surface area contributed by atoms with Gasteiger partial charge in [-0.05, 0) is 32.9 Å². The maximum Gasteiger partial charge on any atom is 0.356 e. The van der Waals surface area contributed by atoms with Crippen LogP contribution in [0.15, 0.2) is 23.3 Å². The Kier molecular flexibility index (Phi) is 4.92. The molecule has 3 heterocycles. The molecule has 0 atom stereocenters. The number of pyridine rings is 1. The molecule has 0 amide bonds. The summed E-state index contributed by atoms with van der Waals surface area (Å²) in [6, 6.07) is 3.60. The molecule has 128 valence electrons. The maximum absolute atomic E-state index is 11.9. The minimum atomic E-state index is -0.456. The van der Waals surface area contributed by atoms with E-state index in [1.807, 2.05) is 30.7 Å². The second-order valence-electron chi connectivity index (χ2n) is 5.27. The summed E-state index contributed by atoms with van der Waals surface area (Å²) in [5.41, 5.74) is 2.65. The van der Waals surface area contributed by atoms with Gasteiger partial charge >= 0.3 is 5.97 Å². The average Bonchev–Trinajstić information content (AvgIpc) is 3.18. The van der Waals surface area contributed by atoms with Gasteiger partial charge in [0, 0.05) is 25.0 Å². The van der Waals surface area contributed by atoms with Gasteiger partial charge in [-0.1, -0.05) is 0 Å². The van der Waals surface area contributed by atoms with Crippen LogP contribution in [-0.2, 0) is 20.8 Å². The molecule has 0 saturated heterocycles. The van der Waals surface area contributed by atoms with E-state index in [0.717, 1.165) is 22.8 Å². The zero-order valence-corrected chi connectivity index (χ0v) is 14.1. The van der Waals surface area contributed by atoms with Crippen LogP contribution in [0.1, 0.15) is 31.3 Å². The molecule has 0 N–H and O–H groups in total. The Morgan fingerprint density at radius 3 is 2.67 bits per heavy atom. The number of hydrogen-bond donors (Lipinski definition) is 0. The van der Waals surface area contributed by atoms with E-state index in [9.17, 15) is 4.79 Å². The van der Waals surface area contributed by atoms with Gasteiger partial charge in [-0.2, -0.15) is 0 Å². The Morgan fingerprint density at radius 2 is 2.00 bits per heavy atom. The van der Waals surface area contributed by atoms with E-state index in [0.29, 0.717) is 32.1 Å². The SMILES string of the molecule is CCOC(=O)c1cc2c3n(ccc-2n1)CC(C(OCC)OCC)=N3. The van der Waals surface area contributed by atoms with Crippen LogP contribution in [0.4, 0.5) is 5.82 Å². The van der Waals surface area contributed by atoms with Gasteiger partial charge in [-0.15, -0.1) is 0 Å². The first-order valence-corrected chi connectivity index (χ1v) is 8.15. The van der Waals surface area contributed by atoms with Crippen molar-refractivity contribution < 1.29 is 19.0 Å². The van der Waals surface area contributed by atoms with E-state index in [4.69, 9.17) is 14.2 Å². The van der Waals surface area contributed by atoms with Gasteiger partial charge in [-0.3, -0.25) is 0 Å². The second kappa shape index (κ2) is 7.11. The van der Waals surface area contributed by atoms with Crippen LogP contribution in [0.3, 0.4) is 0 Å². The molecule has 0 saturated carbocycles. The van der Waals surface area contributed by atoms with Gasteiger partial charge < -0.3 is 18.8 Å². The fraction of sp³-hybridized carbons (Fsp3) is 0.471. The van der Waals surface area contributed by atoms with Gasteiger partial charge in [0.2, 0.25) is 0 Å². The molecule has 0 unspecified atom stereocenters. The van der Waals surface area contributed by atoms with Crippen molar-refractivity contribution in [2.75, 3.05) is 19.8 Å². The molecular weight excluding hydrogens is 310 g/mol. The summed E-state index contributed by atoms with van der Waals surface area (Å²) in [6.07, 6.45) is 1.45. The Hall–Kier alpha value is -2.25. The van der Waals surface area contributed by atoms with Crippen molar-refractivity contribution in [2.24, 2.45) is 4.99 Å². The highest BCUT2D eigenvalue weighted by Crippen LogP contribution is 2.36. The van der Waals surface area contributed by atoms with E-state index in [1.165, 1.54) is 0 Å². The number of carbonyl (C=O) groups excluding carboxylic acids is 1. The molecule has 7 heteroatoms. The summed E-state index contributed by atoms with van der Waals surface area (Å²) in [7, 11) is 0. The highest BCUT2D eigenvalue weighted by atomic mass is 16.7. The molecule has 0 radical (unpaired) electrons. The zero-order chi connectivity index (χ0) is 17.1. The summed E-state index contributed by atoms with van der Waals surface area (Å²) >= 11 is 0. The molecule has 7 nitrogen and oxygen atoms in total. The fourth-order valence-corrected chi connectivity index (χ4v) is 2.70. The number of rotatable bonds is 7. The van der Waals surface area contributed by atoms with Crippen LogP contribution in [0.5, 0.6) is 0 Å². The van der Waals surface area contributed by atoms with E-state index in [2.05, 4.69) is 9.98 Å². The first kappa shape index (κ1) is 16.6. The summed E-state index contributed by atoms with van der Waals surface area (Å²) in [5, 5.41) is 0. The number of esters is 1. The highest BCUT2D eigenvalue weighted by Gasteiger charge is 2.27. The van der Waals surface area contributed by atoms with Gasteiger partial charge in [0.15, 0.2) is 6.29 Å². The lowest BCUT2D eigenvalue weighted by atomic mass is 10.2. The smallest absolute Gasteiger partial charge is 0.356 e. The van der Waals surface area contributed by atoms with E-state index in [1.54, 1.807) is 13.0 Å². The van der Waals surface area contributed by atoms with Crippen LogP contribution >= 0.6 is 0 Å². The maximum atomic E-state index is 11.9. The van der Waals surface area contributed by atoms with E-state index < -0.39 is 12.3 Å². The lowest BCUT2D eigenvalue weighted by Crippen LogP contribution is -2.28. The molecule has 3 aliphatic rings. The Balaban J connectivity index is 1.94. The fourth-order valence-electron chi connectivity index (χ4n) is 2.70. The Morgan fingerprint density at radius 1 is 1.25 bits per heavy atom. The lowest BCUT2D eigenvalue weighted by molar-refractivity contribution is -0.0909. The van der Waals surface area contributed by atoms with Gasteiger partial charge in [0.1, 0.15) is 11.5 Å². The normalized spacial score (nSPS) is 13.4. The minimum absolute atomic E-state index is 0.302. The Labute approximate surface area is 140 Å². The monoisotopic (exact) mass is 331 g/mol. The third kappa shape index (κ3) is 3.05. The van der Waals surface area contributed by atoms with E-state index in [-0.39, 0.29) is 0 Å². The zero-order valence-electron chi connectivity index (χ0n) is 14.1. The van der Waals surface area contributed by atoms with Gasteiger partial charge in [0.25, 0.3) is 0 Å². The second-order valence-corrected chi connectivity index (χ2v) is 5.27. The topological polar surface area (TPSA) is 74.9 Å². The predicted molar refractivity (Wildman–Crippen MR) is 88.9 cm³/mol. The molecule has 0 aromatic carbocycles. The largest absolute Gasteiger partial charge is 0.461 e. The van der Waals surface area contributed by atoms with Crippen molar-refractivity contribution >= 4 is 17.5 Å². The van der Waals surface area contributed by atoms with Gasteiger partial charge in [0.05, 0.1) is 24.6 Å². The standard InChI is InChI=1S/C17H21N3O4/c1-4-22-16(21)13-9-11-12(18-13)7-8-20-10-14(19-15(11)20)17(23-5-2)24-6-3/h7-9,17H,4-6,10H2,1-3H3.